The van der Waals surface area contributed by atoms with Crippen molar-refractivity contribution in [3.63, 3.8) is 0 Å². The van der Waals surface area contributed by atoms with Crippen molar-refractivity contribution in [3.8, 4) is 6.07 Å². The molecule has 104 valence electrons. The minimum absolute atomic E-state index is 0.679. The van der Waals surface area contributed by atoms with Gasteiger partial charge in [-0.15, -0.1) is 0 Å². The van der Waals surface area contributed by atoms with Gasteiger partial charge < -0.3 is 9.13 Å². The molecule has 0 aliphatic rings. The van der Waals surface area contributed by atoms with Gasteiger partial charge in [0.25, 0.3) is 0 Å². The minimum atomic E-state index is 0.679. The summed E-state index contributed by atoms with van der Waals surface area (Å²) >= 11 is 0. The molecule has 2 aromatic heterocycles. The lowest BCUT2D eigenvalue weighted by Crippen LogP contribution is -2.08. The second-order valence-corrected chi connectivity index (χ2v) is 4.91. The maximum absolute atomic E-state index is 8.96. The molecule has 3 rings (SSSR count). The van der Waals surface area contributed by atoms with Crippen LogP contribution in [0.5, 0.6) is 0 Å². The Kier molecular flexibility index (Phi) is 3.52. The number of nitriles is 1. The van der Waals surface area contributed by atoms with E-state index in [0.29, 0.717) is 18.5 Å². The van der Waals surface area contributed by atoms with Gasteiger partial charge in [0.1, 0.15) is 11.6 Å². The minimum Gasteiger partial charge on any atom is -0.338 e. The molecule has 0 saturated carbocycles. The summed E-state index contributed by atoms with van der Waals surface area (Å²) in [4.78, 5) is 8.75. The van der Waals surface area contributed by atoms with E-state index in [1.807, 2.05) is 48.3 Å². The zero-order valence-corrected chi connectivity index (χ0v) is 11.8. The Balaban J connectivity index is 1.82. The van der Waals surface area contributed by atoms with E-state index in [4.69, 9.17) is 5.26 Å². The van der Waals surface area contributed by atoms with Crippen molar-refractivity contribution < 1.29 is 0 Å². The van der Waals surface area contributed by atoms with Gasteiger partial charge in [-0.2, -0.15) is 5.26 Å². The van der Waals surface area contributed by atoms with Gasteiger partial charge in [0.2, 0.25) is 0 Å². The molecule has 0 aliphatic heterocycles. The molecule has 0 saturated heterocycles. The van der Waals surface area contributed by atoms with Crippen molar-refractivity contribution in [3.05, 3.63) is 71.8 Å². The highest BCUT2D eigenvalue weighted by molar-refractivity contribution is 5.33. The van der Waals surface area contributed by atoms with Gasteiger partial charge in [-0.3, -0.25) is 0 Å². The molecule has 2 heterocycles. The van der Waals surface area contributed by atoms with Crippen LogP contribution in [0.1, 0.15) is 22.8 Å². The third-order valence-electron chi connectivity index (χ3n) is 3.45. The molecule has 0 fully saturated rings. The number of rotatable bonds is 4. The van der Waals surface area contributed by atoms with Crippen molar-refractivity contribution in [2.45, 2.75) is 13.0 Å². The molecule has 3 aromatic rings. The summed E-state index contributed by atoms with van der Waals surface area (Å²) < 4.78 is 4.08. The van der Waals surface area contributed by atoms with Crippen molar-refractivity contribution in [1.82, 2.24) is 19.1 Å². The third-order valence-corrected chi connectivity index (χ3v) is 3.45. The Morgan fingerprint density at radius 2 is 1.95 bits per heavy atom. The molecule has 0 spiro atoms. The number of imidazole rings is 2. The number of aryl methyl sites for hydroxylation is 1. The van der Waals surface area contributed by atoms with Gasteiger partial charge in [0, 0.05) is 38.4 Å². The highest BCUT2D eigenvalue weighted by Gasteiger charge is 2.08. The maximum atomic E-state index is 8.96. The Morgan fingerprint density at radius 1 is 1.14 bits per heavy atom. The molecule has 0 bridgehead atoms. The fraction of sp³-hybridized carbons (Fsp3) is 0.188. The Labute approximate surface area is 123 Å². The highest BCUT2D eigenvalue weighted by atomic mass is 15.1. The molecule has 0 atom stereocenters. The summed E-state index contributed by atoms with van der Waals surface area (Å²) in [6.07, 6.45) is 8.16. The number of hydrogen-bond acceptors (Lipinski definition) is 3. The first-order valence-corrected chi connectivity index (χ1v) is 6.71. The predicted octanol–water partition coefficient (Wildman–Crippen LogP) is 2.13. The summed E-state index contributed by atoms with van der Waals surface area (Å²) in [5.74, 6) is 1.94. The fourth-order valence-electron chi connectivity index (χ4n) is 2.30. The van der Waals surface area contributed by atoms with Crippen molar-refractivity contribution >= 4 is 0 Å². The fourth-order valence-corrected chi connectivity index (χ4v) is 2.30. The zero-order chi connectivity index (χ0) is 14.7. The molecule has 0 radical (unpaired) electrons. The zero-order valence-electron chi connectivity index (χ0n) is 11.8. The smallest absolute Gasteiger partial charge is 0.116 e. The van der Waals surface area contributed by atoms with Crippen LogP contribution in [0.15, 0.2) is 49.1 Å². The number of hydrogen-bond donors (Lipinski definition) is 0. The van der Waals surface area contributed by atoms with Crippen molar-refractivity contribution in [2.75, 3.05) is 0 Å². The second kappa shape index (κ2) is 5.63. The standard InChI is InChI=1S/C16H15N5/c1-20-7-5-18-15(20)10-16-19-6-8-21(16)12-14-4-2-3-13(9-14)11-17/h2-9H,10,12H2,1H3. The van der Waals surface area contributed by atoms with Gasteiger partial charge >= 0.3 is 0 Å². The molecule has 0 unspecified atom stereocenters. The van der Waals surface area contributed by atoms with Gasteiger partial charge in [0.05, 0.1) is 18.1 Å². The molecule has 0 amide bonds. The number of nitrogens with zero attached hydrogens (tertiary/aromatic N) is 5. The molecule has 5 heteroatoms. The average Bonchev–Trinajstić information content (AvgIpc) is 3.10. The molecular formula is C16H15N5. The first kappa shape index (κ1) is 13.1. The second-order valence-electron chi connectivity index (χ2n) is 4.91. The third kappa shape index (κ3) is 2.84. The summed E-state index contributed by atoms with van der Waals surface area (Å²) in [5.41, 5.74) is 1.77. The summed E-state index contributed by atoms with van der Waals surface area (Å²) in [6, 6.07) is 9.81. The van der Waals surface area contributed by atoms with E-state index in [1.54, 1.807) is 12.4 Å². The van der Waals surface area contributed by atoms with Crippen LogP contribution in [-0.4, -0.2) is 19.1 Å². The van der Waals surface area contributed by atoms with Crippen LogP contribution < -0.4 is 0 Å². The van der Waals surface area contributed by atoms with E-state index >= 15 is 0 Å². The largest absolute Gasteiger partial charge is 0.338 e. The molecule has 21 heavy (non-hydrogen) atoms. The van der Waals surface area contributed by atoms with E-state index in [1.165, 1.54) is 0 Å². The first-order chi connectivity index (χ1) is 10.3. The van der Waals surface area contributed by atoms with Gasteiger partial charge in [-0.05, 0) is 17.7 Å². The van der Waals surface area contributed by atoms with Crippen LogP contribution >= 0.6 is 0 Å². The summed E-state index contributed by atoms with van der Waals surface area (Å²) in [7, 11) is 1.98. The topological polar surface area (TPSA) is 59.4 Å². The number of benzene rings is 1. The lowest BCUT2D eigenvalue weighted by molar-refractivity contribution is 0.711. The molecule has 1 aromatic carbocycles. The van der Waals surface area contributed by atoms with Crippen LogP contribution in [0.2, 0.25) is 0 Å². The molecule has 0 aliphatic carbocycles. The quantitative estimate of drug-likeness (QED) is 0.734. The van der Waals surface area contributed by atoms with E-state index in [2.05, 4.69) is 20.6 Å². The molecule has 0 N–H and O–H groups in total. The van der Waals surface area contributed by atoms with Gasteiger partial charge in [-0.25, -0.2) is 9.97 Å². The van der Waals surface area contributed by atoms with Gasteiger partial charge in [0.15, 0.2) is 0 Å². The van der Waals surface area contributed by atoms with Crippen LogP contribution in [0, 0.1) is 11.3 Å². The monoisotopic (exact) mass is 277 g/mol. The molecule has 5 nitrogen and oxygen atoms in total. The Morgan fingerprint density at radius 3 is 2.71 bits per heavy atom. The van der Waals surface area contributed by atoms with Crippen LogP contribution in [0.3, 0.4) is 0 Å². The van der Waals surface area contributed by atoms with Crippen molar-refractivity contribution in [2.24, 2.45) is 7.05 Å². The van der Waals surface area contributed by atoms with E-state index in [9.17, 15) is 0 Å². The normalized spacial score (nSPS) is 10.5. The van der Waals surface area contributed by atoms with Crippen LogP contribution in [0.4, 0.5) is 0 Å². The average molecular weight is 277 g/mol. The van der Waals surface area contributed by atoms with Crippen LogP contribution in [-0.2, 0) is 20.0 Å². The highest BCUT2D eigenvalue weighted by Crippen LogP contribution is 2.10. The summed E-state index contributed by atoms with van der Waals surface area (Å²) in [6.45, 7) is 0.704. The van der Waals surface area contributed by atoms with Gasteiger partial charge in [-0.1, -0.05) is 12.1 Å². The first-order valence-electron chi connectivity index (χ1n) is 6.71. The SMILES string of the molecule is Cn1ccnc1Cc1nccn1Cc1cccc(C#N)c1. The Hall–Kier alpha value is -2.87. The summed E-state index contributed by atoms with van der Waals surface area (Å²) in [5, 5.41) is 8.96. The van der Waals surface area contributed by atoms with Crippen LogP contribution in [0.25, 0.3) is 0 Å². The van der Waals surface area contributed by atoms with E-state index in [-0.39, 0.29) is 0 Å². The predicted molar refractivity (Wildman–Crippen MR) is 78.5 cm³/mol. The number of aromatic nitrogens is 4. The van der Waals surface area contributed by atoms with Crippen molar-refractivity contribution in [1.29, 1.82) is 5.26 Å². The lowest BCUT2D eigenvalue weighted by atomic mass is 10.1. The molecular weight excluding hydrogens is 262 g/mol. The van der Waals surface area contributed by atoms with E-state index < -0.39 is 0 Å². The Bertz CT molecular complexity index is 791. The lowest BCUT2D eigenvalue weighted by Gasteiger charge is -2.08. The van der Waals surface area contributed by atoms with E-state index in [0.717, 1.165) is 17.2 Å². The maximum Gasteiger partial charge on any atom is 0.116 e.